The zero-order chi connectivity index (χ0) is 15.9. The number of carbonyl (C=O) groups is 1. The van der Waals surface area contributed by atoms with Crippen molar-refractivity contribution in [2.24, 2.45) is 5.92 Å². The molecule has 20 heavy (non-hydrogen) atoms. The van der Waals surface area contributed by atoms with E-state index in [4.69, 9.17) is 5.11 Å². The van der Waals surface area contributed by atoms with Crippen LogP contribution in [0.15, 0.2) is 23.8 Å². The van der Waals surface area contributed by atoms with Gasteiger partial charge in [0, 0.05) is 0 Å². The third kappa shape index (κ3) is 5.88. The van der Waals surface area contributed by atoms with Crippen LogP contribution in [0.5, 0.6) is 0 Å². The van der Waals surface area contributed by atoms with E-state index in [2.05, 4.69) is 4.72 Å². The molecule has 0 bridgehead atoms. The van der Waals surface area contributed by atoms with E-state index in [1.165, 1.54) is 6.92 Å². The van der Waals surface area contributed by atoms with Gasteiger partial charge in [-0.25, -0.2) is 13.1 Å². The summed E-state index contributed by atoms with van der Waals surface area (Å²) < 4.78 is 26.5. The Kier molecular flexibility index (Phi) is 7.75. The molecule has 3 atom stereocenters. The largest absolute Gasteiger partial charge is 0.480 e. The van der Waals surface area contributed by atoms with E-state index in [-0.39, 0.29) is 5.92 Å². The molecule has 0 heterocycles. The first-order valence-electron chi connectivity index (χ1n) is 6.70. The molecule has 0 radical (unpaired) electrons. The smallest absolute Gasteiger partial charge is 0.322 e. The molecular formula is C14H25NO4S. The standard InChI is InChI=1S/C14H25NO4S/c1-6-10(3)8-9-12(5)20(18,19)15-13(14(16)17)11(4)7-2/h6,8-9,11-13,15H,7H2,1-5H3,(H,16,17)/b9-8-,10-6-. The van der Waals surface area contributed by atoms with E-state index in [0.29, 0.717) is 6.42 Å². The molecule has 0 aliphatic rings. The van der Waals surface area contributed by atoms with Gasteiger partial charge in [-0.2, -0.15) is 0 Å². The van der Waals surface area contributed by atoms with Crippen molar-refractivity contribution in [3.8, 4) is 0 Å². The number of carboxylic acids is 1. The van der Waals surface area contributed by atoms with Crippen molar-refractivity contribution in [2.75, 3.05) is 0 Å². The van der Waals surface area contributed by atoms with Gasteiger partial charge in [-0.1, -0.05) is 44.1 Å². The summed E-state index contributed by atoms with van der Waals surface area (Å²) in [6.07, 6.45) is 5.71. The third-order valence-electron chi connectivity index (χ3n) is 3.35. The summed E-state index contributed by atoms with van der Waals surface area (Å²) in [6, 6.07) is -1.09. The van der Waals surface area contributed by atoms with Crippen LogP contribution in [0.3, 0.4) is 0 Å². The van der Waals surface area contributed by atoms with Gasteiger partial charge in [0.2, 0.25) is 10.0 Å². The van der Waals surface area contributed by atoms with Gasteiger partial charge >= 0.3 is 5.97 Å². The first kappa shape index (κ1) is 18.9. The first-order chi connectivity index (χ1) is 9.15. The Labute approximate surface area is 121 Å². The summed E-state index contributed by atoms with van der Waals surface area (Å²) >= 11 is 0. The summed E-state index contributed by atoms with van der Waals surface area (Å²) in [5, 5.41) is 8.33. The van der Waals surface area contributed by atoms with Crippen LogP contribution in [0.1, 0.15) is 41.0 Å². The van der Waals surface area contributed by atoms with Crippen molar-refractivity contribution in [1.82, 2.24) is 4.72 Å². The molecule has 0 amide bonds. The maximum absolute atomic E-state index is 12.1. The Morgan fingerprint density at radius 1 is 1.35 bits per heavy atom. The zero-order valence-electron chi connectivity index (χ0n) is 12.8. The van der Waals surface area contributed by atoms with Gasteiger partial charge in [0.15, 0.2) is 0 Å². The second-order valence-electron chi connectivity index (χ2n) is 4.96. The normalized spacial score (nSPS) is 17.9. The Morgan fingerprint density at radius 3 is 2.30 bits per heavy atom. The Bertz CT molecular complexity index is 479. The summed E-state index contributed by atoms with van der Waals surface area (Å²) in [5.74, 6) is -1.42. The molecule has 0 rings (SSSR count). The first-order valence-corrected chi connectivity index (χ1v) is 8.25. The molecule has 116 valence electrons. The van der Waals surface area contributed by atoms with Crippen LogP contribution in [-0.4, -0.2) is 30.8 Å². The Hall–Kier alpha value is -1.14. The fourth-order valence-electron chi connectivity index (χ4n) is 1.42. The summed E-state index contributed by atoms with van der Waals surface area (Å²) in [6.45, 7) is 8.79. The van der Waals surface area contributed by atoms with Crippen molar-refractivity contribution in [1.29, 1.82) is 0 Å². The minimum atomic E-state index is -3.71. The van der Waals surface area contributed by atoms with Crippen LogP contribution < -0.4 is 4.72 Å². The molecule has 0 aliphatic heterocycles. The van der Waals surface area contributed by atoms with Gasteiger partial charge in [-0.15, -0.1) is 0 Å². The molecule has 2 N–H and O–H groups in total. The predicted molar refractivity (Wildman–Crippen MR) is 81.0 cm³/mol. The molecule has 0 aromatic carbocycles. The van der Waals surface area contributed by atoms with Gasteiger partial charge < -0.3 is 5.11 Å². The molecule has 0 saturated carbocycles. The predicted octanol–water partition coefficient (Wildman–Crippen LogP) is 2.32. The van der Waals surface area contributed by atoms with E-state index in [1.807, 2.05) is 26.8 Å². The molecule has 0 fully saturated rings. The number of rotatable bonds is 8. The summed E-state index contributed by atoms with van der Waals surface area (Å²) in [5.41, 5.74) is 0.948. The van der Waals surface area contributed by atoms with Crippen LogP contribution >= 0.6 is 0 Å². The molecule has 0 saturated heterocycles. The average molecular weight is 303 g/mol. The molecule has 0 aromatic heterocycles. The highest BCUT2D eigenvalue weighted by molar-refractivity contribution is 7.90. The number of hydrogen-bond acceptors (Lipinski definition) is 3. The monoisotopic (exact) mass is 303 g/mol. The van der Waals surface area contributed by atoms with E-state index >= 15 is 0 Å². The second-order valence-corrected chi connectivity index (χ2v) is 7.03. The number of allylic oxidation sites excluding steroid dienone is 3. The highest BCUT2D eigenvalue weighted by atomic mass is 32.2. The maximum atomic E-state index is 12.1. The van der Waals surface area contributed by atoms with Gasteiger partial charge in [-0.05, 0) is 26.7 Å². The van der Waals surface area contributed by atoms with Crippen LogP contribution in [0.4, 0.5) is 0 Å². The SMILES string of the molecule is C/C=C(C)\C=C/C(C)S(=O)(=O)NC(C(=O)O)C(C)CC. The number of carboxylic acid groups (broad SMARTS) is 1. The number of nitrogens with one attached hydrogen (secondary N) is 1. The quantitative estimate of drug-likeness (QED) is 0.674. The summed E-state index contributed by atoms with van der Waals surface area (Å²) in [7, 11) is -3.71. The minimum absolute atomic E-state index is 0.268. The lowest BCUT2D eigenvalue weighted by Gasteiger charge is -2.21. The molecule has 6 heteroatoms. The maximum Gasteiger partial charge on any atom is 0.322 e. The zero-order valence-corrected chi connectivity index (χ0v) is 13.6. The van der Waals surface area contributed by atoms with Crippen LogP contribution in [0.25, 0.3) is 0 Å². The van der Waals surface area contributed by atoms with Crippen LogP contribution in [-0.2, 0) is 14.8 Å². The van der Waals surface area contributed by atoms with Crippen LogP contribution in [0, 0.1) is 5.92 Å². The fraction of sp³-hybridized carbons (Fsp3) is 0.643. The molecule has 0 spiro atoms. The topological polar surface area (TPSA) is 83.5 Å². The number of aliphatic carboxylic acids is 1. The molecule has 5 nitrogen and oxygen atoms in total. The highest BCUT2D eigenvalue weighted by Crippen LogP contribution is 2.12. The van der Waals surface area contributed by atoms with E-state index in [9.17, 15) is 13.2 Å². The molecule has 3 unspecified atom stereocenters. The van der Waals surface area contributed by atoms with E-state index < -0.39 is 27.3 Å². The Morgan fingerprint density at radius 2 is 1.90 bits per heavy atom. The molecule has 0 aromatic rings. The fourth-order valence-corrected chi connectivity index (χ4v) is 2.60. The average Bonchev–Trinajstić information content (AvgIpc) is 2.40. The van der Waals surface area contributed by atoms with E-state index in [1.54, 1.807) is 19.1 Å². The van der Waals surface area contributed by atoms with Crippen molar-refractivity contribution >= 4 is 16.0 Å². The van der Waals surface area contributed by atoms with Gasteiger partial charge in [0.25, 0.3) is 0 Å². The van der Waals surface area contributed by atoms with Crippen molar-refractivity contribution in [3.63, 3.8) is 0 Å². The van der Waals surface area contributed by atoms with E-state index in [0.717, 1.165) is 5.57 Å². The number of sulfonamides is 1. The lowest BCUT2D eigenvalue weighted by atomic mass is 10.0. The third-order valence-corrected chi connectivity index (χ3v) is 5.06. The van der Waals surface area contributed by atoms with Gasteiger partial charge in [0.1, 0.15) is 6.04 Å². The minimum Gasteiger partial charge on any atom is -0.480 e. The number of hydrogen-bond donors (Lipinski definition) is 2. The van der Waals surface area contributed by atoms with Crippen molar-refractivity contribution in [2.45, 2.75) is 52.3 Å². The lowest BCUT2D eigenvalue weighted by Crippen LogP contribution is -2.47. The molecule has 0 aliphatic carbocycles. The van der Waals surface area contributed by atoms with Crippen LogP contribution in [0.2, 0.25) is 0 Å². The van der Waals surface area contributed by atoms with Crippen molar-refractivity contribution < 1.29 is 18.3 Å². The van der Waals surface area contributed by atoms with Gasteiger partial charge in [0.05, 0.1) is 5.25 Å². The summed E-state index contributed by atoms with van der Waals surface area (Å²) in [4.78, 5) is 11.2. The van der Waals surface area contributed by atoms with Gasteiger partial charge in [-0.3, -0.25) is 4.79 Å². The molecular weight excluding hydrogens is 278 g/mol. The lowest BCUT2D eigenvalue weighted by molar-refractivity contribution is -0.140. The second kappa shape index (κ2) is 8.21. The highest BCUT2D eigenvalue weighted by Gasteiger charge is 2.30. The Balaban J connectivity index is 5.04. The van der Waals surface area contributed by atoms with Crippen molar-refractivity contribution in [3.05, 3.63) is 23.8 Å².